The second kappa shape index (κ2) is 11.3. The first kappa shape index (κ1) is 22.6. The molecule has 3 aromatic rings. The van der Waals surface area contributed by atoms with E-state index in [2.05, 4.69) is 27.0 Å². The summed E-state index contributed by atoms with van der Waals surface area (Å²) in [5, 5.41) is 2.87. The molecule has 33 heavy (non-hydrogen) atoms. The number of amides is 1. The molecule has 0 unspecified atom stereocenters. The van der Waals surface area contributed by atoms with Crippen molar-refractivity contribution < 1.29 is 9.53 Å². The number of rotatable bonds is 8. The second-order valence-corrected chi connectivity index (χ2v) is 7.99. The molecule has 0 spiro atoms. The predicted molar refractivity (Wildman–Crippen MR) is 133 cm³/mol. The Kier molecular flexibility index (Phi) is 7.72. The number of benzene rings is 2. The number of carbonyl (C=O) groups is 1. The maximum atomic E-state index is 12.3. The van der Waals surface area contributed by atoms with Crippen molar-refractivity contribution in [2.24, 2.45) is 0 Å². The minimum atomic E-state index is -0.189. The second-order valence-electron chi connectivity index (χ2n) is 7.99. The van der Waals surface area contributed by atoms with Gasteiger partial charge in [0.1, 0.15) is 18.2 Å². The zero-order chi connectivity index (χ0) is 22.9. The van der Waals surface area contributed by atoms with E-state index in [-0.39, 0.29) is 5.91 Å². The van der Waals surface area contributed by atoms with Gasteiger partial charge in [0.25, 0.3) is 0 Å². The molecule has 1 aliphatic rings. The molecule has 1 fully saturated rings. The van der Waals surface area contributed by atoms with Gasteiger partial charge >= 0.3 is 0 Å². The highest BCUT2D eigenvalue weighted by atomic mass is 16.5. The topological polar surface area (TPSA) is 57.7 Å². The molecule has 170 valence electrons. The Morgan fingerprint density at radius 3 is 2.42 bits per heavy atom. The van der Waals surface area contributed by atoms with Gasteiger partial charge in [0.05, 0.1) is 11.9 Å². The van der Waals surface area contributed by atoms with Crippen LogP contribution in [0.4, 0.5) is 11.5 Å². The molecular weight excluding hydrogens is 412 g/mol. The molecule has 6 nitrogen and oxygen atoms in total. The van der Waals surface area contributed by atoms with Gasteiger partial charge in [-0.15, -0.1) is 0 Å². The van der Waals surface area contributed by atoms with Crippen molar-refractivity contribution in [2.75, 3.05) is 42.9 Å². The number of carbonyl (C=O) groups excluding carboxylic acids is 1. The molecule has 0 bridgehead atoms. The van der Waals surface area contributed by atoms with Gasteiger partial charge in [0.2, 0.25) is 5.91 Å². The average Bonchev–Trinajstić information content (AvgIpc) is 2.88. The Hall–Kier alpha value is -3.64. The minimum Gasteiger partial charge on any atom is -0.489 e. The lowest BCUT2D eigenvalue weighted by molar-refractivity contribution is -0.111. The maximum Gasteiger partial charge on any atom is 0.248 e. The molecule has 0 saturated carbocycles. The van der Waals surface area contributed by atoms with Crippen LogP contribution in [0.25, 0.3) is 6.08 Å². The molecule has 0 aliphatic carbocycles. The van der Waals surface area contributed by atoms with E-state index in [1.54, 1.807) is 12.3 Å². The third-order valence-corrected chi connectivity index (χ3v) is 5.71. The van der Waals surface area contributed by atoms with Crippen LogP contribution in [0, 0.1) is 0 Å². The first-order chi connectivity index (χ1) is 16.2. The molecule has 2 aromatic carbocycles. The Bertz CT molecular complexity index is 1040. The largest absolute Gasteiger partial charge is 0.489 e. The van der Waals surface area contributed by atoms with Crippen molar-refractivity contribution in [3.63, 3.8) is 0 Å². The van der Waals surface area contributed by atoms with E-state index in [1.165, 1.54) is 6.08 Å². The molecule has 6 heteroatoms. The lowest BCUT2D eigenvalue weighted by atomic mass is 10.2. The summed E-state index contributed by atoms with van der Waals surface area (Å²) in [6, 6.07) is 21.6. The van der Waals surface area contributed by atoms with Gasteiger partial charge in [-0.25, -0.2) is 4.98 Å². The van der Waals surface area contributed by atoms with E-state index < -0.39 is 0 Å². The third kappa shape index (κ3) is 6.67. The number of anilines is 2. The summed E-state index contributed by atoms with van der Waals surface area (Å²) in [5.41, 5.74) is 2.74. The molecule has 1 N–H and O–H groups in total. The highest BCUT2D eigenvalue weighted by molar-refractivity contribution is 6.01. The number of nitrogens with zero attached hydrogens (tertiary/aromatic N) is 3. The van der Waals surface area contributed by atoms with Crippen LogP contribution in [0.15, 0.2) is 79.0 Å². The molecule has 2 heterocycles. The van der Waals surface area contributed by atoms with Crippen LogP contribution in [-0.2, 0) is 11.4 Å². The Morgan fingerprint density at radius 1 is 1.00 bits per heavy atom. The number of hydrogen-bond acceptors (Lipinski definition) is 5. The summed E-state index contributed by atoms with van der Waals surface area (Å²) in [6.45, 7) is 7.88. The van der Waals surface area contributed by atoms with Crippen molar-refractivity contribution in [2.45, 2.75) is 13.5 Å². The standard InChI is InChI=1S/C27H30N4O2/c1-2-30-16-18-31(19-17-30)26-14-11-24(20-28-26)29-27(32)15-10-22-8-12-25(13-9-22)33-21-23-6-4-3-5-7-23/h3-15,20H,2,16-19,21H2,1H3,(H,29,32)/b15-10+. The van der Waals surface area contributed by atoms with Gasteiger partial charge in [-0.3, -0.25) is 4.79 Å². The Morgan fingerprint density at radius 2 is 1.76 bits per heavy atom. The van der Waals surface area contributed by atoms with Gasteiger partial charge in [-0.2, -0.15) is 0 Å². The summed E-state index contributed by atoms with van der Waals surface area (Å²) in [5.74, 6) is 1.56. The number of hydrogen-bond donors (Lipinski definition) is 1. The lowest BCUT2D eigenvalue weighted by Gasteiger charge is -2.34. The molecule has 1 amide bonds. The van der Waals surface area contributed by atoms with Crippen molar-refractivity contribution in [3.8, 4) is 5.75 Å². The number of piperazine rings is 1. The molecule has 0 radical (unpaired) electrons. The molecule has 1 aromatic heterocycles. The van der Waals surface area contributed by atoms with Crippen molar-refractivity contribution in [1.82, 2.24) is 9.88 Å². The summed E-state index contributed by atoms with van der Waals surface area (Å²) >= 11 is 0. The Labute approximate surface area is 195 Å². The molecule has 1 aliphatic heterocycles. The van der Waals surface area contributed by atoms with E-state index in [4.69, 9.17) is 4.74 Å². The fourth-order valence-electron chi connectivity index (χ4n) is 3.71. The molecular formula is C27H30N4O2. The number of nitrogens with one attached hydrogen (secondary N) is 1. The number of aromatic nitrogens is 1. The number of ether oxygens (including phenoxy) is 1. The number of pyridine rings is 1. The smallest absolute Gasteiger partial charge is 0.248 e. The predicted octanol–water partition coefficient (Wildman–Crippen LogP) is 4.45. The van der Waals surface area contributed by atoms with E-state index in [0.29, 0.717) is 12.3 Å². The summed E-state index contributed by atoms with van der Waals surface area (Å²) in [7, 11) is 0. The third-order valence-electron chi connectivity index (χ3n) is 5.71. The lowest BCUT2D eigenvalue weighted by Crippen LogP contribution is -2.46. The van der Waals surface area contributed by atoms with E-state index in [1.807, 2.05) is 66.7 Å². The monoisotopic (exact) mass is 442 g/mol. The fraction of sp³-hybridized carbons (Fsp3) is 0.259. The molecule has 4 rings (SSSR count). The van der Waals surface area contributed by atoms with Gasteiger partial charge in [0, 0.05) is 32.3 Å². The minimum absolute atomic E-state index is 0.189. The zero-order valence-electron chi connectivity index (χ0n) is 19.0. The molecule has 1 saturated heterocycles. The van der Waals surface area contributed by atoms with E-state index in [9.17, 15) is 4.79 Å². The highest BCUT2D eigenvalue weighted by Crippen LogP contribution is 2.17. The fourth-order valence-corrected chi connectivity index (χ4v) is 3.71. The summed E-state index contributed by atoms with van der Waals surface area (Å²) < 4.78 is 5.80. The highest BCUT2D eigenvalue weighted by Gasteiger charge is 2.16. The Balaban J connectivity index is 1.25. The normalized spacial score (nSPS) is 14.4. The van der Waals surface area contributed by atoms with Crippen LogP contribution >= 0.6 is 0 Å². The van der Waals surface area contributed by atoms with Crippen molar-refractivity contribution in [3.05, 3.63) is 90.1 Å². The van der Waals surface area contributed by atoms with Gasteiger partial charge in [-0.05, 0) is 48.0 Å². The first-order valence-electron chi connectivity index (χ1n) is 11.4. The molecule has 0 atom stereocenters. The zero-order valence-corrected chi connectivity index (χ0v) is 19.0. The van der Waals surface area contributed by atoms with Gasteiger partial charge in [-0.1, -0.05) is 49.4 Å². The first-order valence-corrected chi connectivity index (χ1v) is 11.4. The maximum absolute atomic E-state index is 12.3. The van der Waals surface area contributed by atoms with Crippen LogP contribution in [-0.4, -0.2) is 48.5 Å². The average molecular weight is 443 g/mol. The number of likely N-dealkylation sites (N-methyl/N-ethyl adjacent to an activating group) is 1. The van der Waals surface area contributed by atoms with Crippen LogP contribution < -0.4 is 15.0 Å². The van der Waals surface area contributed by atoms with Crippen LogP contribution in [0.2, 0.25) is 0 Å². The van der Waals surface area contributed by atoms with Crippen LogP contribution in [0.1, 0.15) is 18.1 Å². The van der Waals surface area contributed by atoms with Crippen LogP contribution in [0.5, 0.6) is 5.75 Å². The van der Waals surface area contributed by atoms with Gasteiger partial charge in [0.15, 0.2) is 0 Å². The van der Waals surface area contributed by atoms with Gasteiger partial charge < -0.3 is 19.9 Å². The van der Waals surface area contributed by atoms with Crippen molar-refractivity contribution in [1.29, 1.82) is 0 Å². The van der Waals surface area contributed by atoms with Crippen molar-refractivity contribution >= 4 is 23.5 Å². The van der Waals surface area contributed by atoms with E-state index in [0.717, 1.165) is 55.4 Å². The summed E-state index contributed by atoms with van der Waals surface area (Å²) in [4.78, 5) is 21.5. The van der Waals surface area contributed by atoms with E-state index >= 15 is 0 Å². The quantitative estimate of drug-likeness (QED) is 0.522. The van der Waals surface area contributed by atoms with Crippen LogP contribution in [0.3, 0.4) is 0 Å². The summed E-state index contributed by atoms with van der Waals surface area (Å²) in [6.07, 6.45) is 5.02. The SMILES string of the molecule is CCN1CCN(c2ccc(NC(=O)/C=C/c3ccc(OCc4ccccc4)cc3)cn2)CC1.